The Hall–Kier alpha value is -3.03. The number of hydrogen-bond donors (Lipinski definition) is 1. The summed E-state index contributed by atoms with van der Waals surface area (Å²) in [6.07, 6.45) is 1.94. The van der Waals surface area contributed by atoms with Gasteiger partial charge in [0.1, 0.15) is 5.75 Å². The lowest BCUT2D eigenvalue weighted by atomic mass is 9.96. The zero-order valence-electron chi connectivity index (χ0n) is 20.4. The zero-order chi connectivity index (χ0) is 25.6. The van der Waals surface area contributed by atoms with Crippen molar-refractivity contribution in [3.05, 3.63) is 94.5 Å². The van der Waals surface area contributed by atoms with Crippen molar-refractivity contribution in [2.24, 2.45) is 5.92 Å². The Morgan fingerprint density at radius 1 is 0.971 bits per heavy atom. The molecule has 3 aromatic carbocycles. The van der Waals surface area contributed by atoms with Crippen molar-refractivity contribution in [2.45, 2.75) is 32.9 Å². The van der Waals surface area contributed by atoms with Gasteiger partial charge in [-0.1, -0.05) is 49.7 Å². The molecule has 0 bridgehead atoms. The van der Waals surface area contributed by atoms with Crippen LogP contribution in [0.1, 0.15) is 47.8 Å². The molecule has 0 radical (unpaired) electrons. The van der Waals surface area contributed by atoms with Crippen LogP contribution in [0.4, 0.5) is 5.69 Å². The van der Waals surface area contributed by atoms with Gasteiger partial charge < -0.3 is 10.1 Å². The van der Waals surface area contributed by atoms with Crippen LogP contribution >= 0.6 is 11.6 Å². The minimum Gasteiger partial charge on any atom is -0.497 e. The lowest BCUT2D eigenvalue weighted by Gasteiger charge is -2.23. The normalized spacial score (nSPS) is 12.3. The van der Waals surface area contributed by atoms with Crippen LogP contribution in [-0.2, 0) is 16.6 Å². The van der Waals surface area contributed by atoms with E-state index >= 15 is 0 Å². The molecule has 0 heterocycles. The Labute approximate surface area is 212 Å². The second-order valence-electron chi connectivity index (χ2n) is 8.87. The summed E-state index contributed by atoms with van der Waals surface area (Å²) >= 11 is 5.94. The number of sulfonamides is 1. The number of carbonyl (C=O) groups is 1. The molecule has 0 aliphatic rings. The topological polar surface area (TPSA) is 75.7 Å². The van der Waals surface area contributed by atoms with E-state index in [4.69, 9.17) is 16.3 Å². The summed E-state index contributed by atoms with van der Waals surface area (Å²) in [5, 5.41) is 3.70. The summed E-state index contributed by atoms with van der Waals surface area (Å²) in [7, 11) is -1.93. The van der Waals surface area contributed by atoms with Gasteiger partial charge >= 0.3 is 0 Å². The van der Waals surface area contributed by atoms with Crippen LogP contribution in [0, 0.1) is 5.92 Å². The van der Waals surface area contributed by atoms with E-state index in [-0.39, 0.29) is 18.5 Å². The highest BCUT2D eigenvalue weighted by Gasteiger charge is 2.20. The molecule has 0 saturated carbocycles. The number of hydrogen-bond acceptors (Lipinski definition) is 4. The van der Waals surface area contributed by atoms with Crippen LogP contribution in [-0.4, -0.2) is 27.7 Å². The summed E-state index contributed by atoms with van der Waals surface area (Å²) in [5.41, 5.74) is 2.73. The fourth-order valence-corrected chi connectivity index (χ4v) is 4.78. The van der Waals surface area contributed by atoms with Crippen LogP contribution in [0.15, 0.2) is 72.8 Å². The molecular weight excluding hydrogens is 484 g/mol. The van der Waals surface area contributed by atoms with Gasteiger partial charge in [0.15, 0.2) is 0 Å². The first-order valence-electron chi connectivity index (χ1n) is 11.3. The third-order valence-electron chi connectivity index (χ3n) is 5.59. The average Bonchev–Trinajstić information content (AvgIpc) is 2.82. The molecule has 1 N–H and O–H groups in total. The number of anilines is 1. The predicted molar refractivity (Wildman–Crippen MR) is 142 cm³/mol. The maximum atomic E-state index is 13.1. The van der Waals surface area contributed by atoms with E-state index in [1.165, 1.54) is 4.31 Å². The maximum Gasteiger partial charge on any atom is 0.251 e. The van der Waals surface area contributed by atoms with Gasteiger partial charge in [-0.25, -0.2) is 8.42 Å². The molecule has 0 unspecified atom stereocenters. The Morgan fingerprint density at radius 3 is 2.09 bits per heavy atom. The highest BCUT2D eigenvalue weighted by atomic mass is 35.5. The minimum absolute atomic E-state index is 0.162. The summed E-state index contributed by atoms with van der Waals surface area (Å²) in [4.78, 5) is 13.1. The van der Waals surface area contributed by atoms with Crippen molar-refractivity contribution in [3.8, 4) is 5.75 Å². The molecule has 0 aromatic heterocycles. The monoisotopic (exact) mass is 514 g/mol. The van der Waals surface area contributed by atoms with Gasteiger partial charge in [-0.05, 0) is 72.0 Å². The van der Waals surface area contributed by atoms with E-state index in [0.717, 1.165) is 29.6 Å². The molecule has 3 aromatic rings. The third kappa shape index (κ3) is 7.47. The van der Waals surface area contributed by atoms with Crippen molar-refractivity contribution in [1.29, 1.82) is 0 Å². The standard InChI is InChI=1S/C27H31ClN2O4S/c1-19(2)17-26(21-9-15-25(34-3)16-10-21)29-27(31)22-7-13-24(14-8-22)30(35(4,32)33)18-20-5-11-23(28)12-6-20/h5-16,19,26H,17-18H2,1-4H3,(H,29,31)/t26-/m0/s1. The number of carbonyl (C=O) groups excluding carboxylic acids is 1. The van der Waals surface area contributed by atoms with Crippen LogP contribution in [0.3, 0.4) is 0 Å². The van der Waals surface area contributed by atoms with E-state index in [9.17, 15) is 13.2 Å². The lowest BCUT2D eigenvalue weighted by Crippen LogP contribution is -2.30. The van der Waals surface area contributed by atoms with E-state index in [0.29, 0.717) is 22.2 Å². The molecular formula is C27H31ClN2O4S. The minimum atomic E-state index is -3.54. The number of amides is 1. The third-order valence-corrected chi connectivity index (χ3v) is 6.98. The lowest BCUT2D eigenvalue weighted by molar-refractivity contribution is 0.0932. The molecule has 1 amide bonds. The summed E-state index contributed by atoms with van der Waals surface area (Å²) in [6.45, 7) is 4.38. The highest BCUT2D eigenvalue weighted by Crippen LogP contribution is 2.25. The van der Waals surface area contributed by atoms with Gasteiger partial charge in [0.2, 0.25) is 10.0 Å². The quantitative estimate of drug-likeness (QED) is 0.369. The summed E-state index contributed by atoms with van der Waals surface area (Å²) < 4.78 is 31.5. The number of halogens is 1. The number of nitrogens with zero attached hydrogens (tertiary/aromatic N) is 1. The van der Waals surface area contributed by atoms with Crippen LogP contribution in [0.25, 0.3) is 0 Å². The molecule has 8 heteroatoms. The molecule has 35 heavy (non-hydrogen) atoms. The van der Waals surface area contributed by atoms with Gasteiger partial charge in [0.25, 0.3) is 5.91 Å². The second kappa shape index (κ2) is 11.6. The molecule has 6 nitrogen and oxygen atoms in total. The SMILES string of the molecule is COc1ccc([C@H](CC(C)C)NC(=O)c2ccc(N(Cc3ccc(Cl)cc3)S(C)(=O)=O)cc2)cc1. The Balaban J connectivity index is 1.79. The number of ether oxygens (including phenoxy) is 1. The predicted octanol–water partition coefficient (Wildman–Crippen LogP) is 5.83. The molecule has 0 spiro atoms. The maximum absolute atomic E-state index is 13.1. The molecule has 1 atom stereocenters. The van der Waals surface area contributed by atoms with Crippen molar-refractivity contribution < 1.29 is 17.9 Å². The van der Waals surface area contributed by atoms with Crippen molar-refractivity contribution in [3.63, 3.8) is 0 Å². The number of benzene rings is 3. The van der Waals surface area contributed by atoms with Crippen molar-refractivity contribution in [2.75, 3.05) is 17.7 Å². The smallest absolute Gasteiger partial charge is 0.251 e. The fraction of sp³-hybridized carbons (Fsp3) is 0.296. The molecule has 0 fully saturated rings. The second-order valence-corrected chi connectivity index (χ2v) is 11.2. The Bertz CT molecular complexity index is 1230. The Morgan fingerprint density at radius 2 is 1.57 bits per heavy atom. The molecule has 0 saturated heterocycles. The molecule has 3 rings (SSSR count). The van der Waals surface area contributed by atoms with E-state index in [1.54, 1.807) is 55.6 Å². The molecule has 186 valence electrons. The first-order chi connectivity index (χ1) is 16.6. The van der Waals surface area contributed by atoms with E-state index < -0.39 is 10.0 Å². The molecule has 0 aliphatic carbocycles. The van der Waals surface area contributed by atoms with E-state index in [1.807, 2.05) is 24.3 Å². The van der Waals surface area contributed by atoms with E-state index in [2.05, 4.69) is 19.2 Å². The number of methoxy groups -OCH3 is 1. The highest BCUT2D eigenvalue weighted by molar-refractivity contribution is 7.92. The van der Waals surface area contributed by atoms with Crippen molar-refractivity contribution >= 4 is 33.2 Å². The van der Waals surface area contributed by atoms with Gasteiger partial charge in [-0.15, -0.1) is 0 Å². The van der Waals surface area contributed by atoms with Gasteiger partial charge in [0, 0.05) is 10.6 Å². The largest absolute Gasteiger partial charge is 0.497 e. The first kappa shape index (κ1) is 26.6. The average molecular weight is 515 g/mol. The first-order valence-corrected chi connectivity index (χ1v) is 13.6. The van der Waals surface area contributed by atoms with Gasteiger partial charge in [0.05, 0.1) is 31.6 Å². The summed E-state index contributed by atoms with van der Waals surface area (Å²) in [6, 6.07) is 21.1. The number of nitrogens with one attached hydrogen (secondary N) is 1. The van der Waals surface area contributed by atoms with Crippen LogP contribution < -0.4 is 14.4 Å². The molecule has 0 aliphatic heterocycles. The fourth-order valence-electron chi connectivity index (χ4n) is 3.76. The zero-order valence-corrected chi connectivity index (χ0v) is 21.9. The van der Waals surface area contributed by atoms with Gasteiger partial charge in [-0.2, -0.15) is 0 Å². The summed E-state index contributed by atoms with van der Waals surface area (Å²) in [5.74, 6) is 0.913. The Kier molecular flexibility index (Phi) is 8.81. The number of rotatable bonds is 10. The van der Waals surface area contributed by atoms with Gasteiger partial charge in [-0.3, -0.25) is 9.10 Å². The van der Waals surface area contributed by atoms with Crippen LogP contribution in [0.5, 0.6) is 5.75 Å². The van der Waals surface area contributed by atoms with Crippen molar-refractivity contribution in [1.82, 2.24) is 5.32 Å². The van der Waals surface area contributed by atoms with Crippen LogP contribution in [0.2, 0.25) is 5.02 Å².